The van der Waals surface area contributed by atoms with Crippen molar-refractivity contribution >= 4 is 40.1 Å². The number of hydrogen-bond donors (Lipinski definition) is 1. The lowest BCUT2D eigenvalue weighted by atomic mass is 10.4. The van der Waals surface area contributed by atoms with Gasteiger partial charge >= 0.3 is 0 Å². The Bertz CT molecular complexity index is 675. The molecule has 0 aliphatic rings. The summed E-state index contributed by atoms with van der Waals surface area (Å²) in [6.45, 7) is 0.461. The third-order valence-electron chi connectivity index (χ3n) is 2.26. The van der Waals surface area contributed by atoms with E-state index < -0.39 is 0 Å². The molecule has 7 nitrogen and oxygen atoms in total. The predicted octanol–water partition coefficient (Wildman–Crippen LogP) is 0.962. The molecule has 0 amide bonds. The van der Waals surface area contributed by atoms with Gasteiger partial charge in [-0.15, -0.1) is 5.10 Å². The zero-order chi connectivity index (χ0) is 11.8. The summed E-state index contributed by atoms with van der Waals surface area (Å²) in [6.07, 6.45) is 3.03. The number of hydrogen-bond acceptors (Lipinski definition) is 7. The lowest BCUT2D eigenvalue weighted by Gasteiger charge is -2.00. The van der Waals surface area contributed by atoms with E-state index in [0.717, 1.165) is 11.5 Å². The molecule has 0 saturated carbocycles. The topological polar surface area (TPSA) is 95.4 Å². The summed E-state index contributed by atoms with van der Waals surface area (Å²) in [6, 6.07) is 0. The SMILES string of the molecule is Nc1ncnc2c1ncn2Cc1nnsc1Cl. The number of fused-ring (bicyclic) bond motifs is 1. The molecular formula is C8H6ClN7S. The Morgan fingerprint density at radius 2 is 2.24 bits per heavy atom. The number of aromatic nitrogens is 6. The number of halogens is 1. The lowest BCUT2D eigenvalue weighted by molar-refractivity contribution is 0.782. The van der Waals surface area contributed by atoms with Crippen molar-refractivity contribution in [2.45, 2.75) is 6.54 Å². The average Bonchev–Trinajstić information content (AvgIpc) is 2.89. The monoisotopic (exact) mass is 267 g/mol. The van der Waals surface area contributed by atoms with Crippen molar-refractivity contribution in [1.82, 2.24) is 29.1 Å². The number of nitrogens with zero attached hydrogens (tertiary/aromatic N) is 6. The highest BCUT2D eigenvalue weighted by atomic mass is 35.5. The van der Waals surface area contributed by atoms with E-state index in [1.807, 2.05) is 0 Å². The largest absolute Gasteiger partial charge is 0.382 e. The van der Waals surface area contributed by atoms with Gasteiger partial charge in [-0.25, -0.2) is 15.0 Å². The van der Waals surface area contributed by atoms with Gasteiger partial charge in [0.05, 0.1) is 12.9 Å². The summed E-state index contributed by atoms with van der Waals surface area (Å²) in [5.74, 6) is 0.358. The number of nitrogen functional groups attached to an aromatic ring is 1. The van der Waals surface area contributed by atoms with Gasteiger partial charge in [-0.3, -0.25) is 0 Å². The van der Waals surface area contributed by atoms with Crippen molar-refractivity contribution in [3.63, 3.8) is 0 Å². The average molecular weight is 268 g/mol. The molecule has 9 heteroatoms. The second kappa shape index (κ2) is 3.90. The number of anilines is 1. The molecule has 0 saturated heterocycles. The summed E-state index contributed by atoms with van der Waals surface area (Å²) in [5, 5.41) is 3.93. The molecule has 0 atom stereocenters. The second-order valence-electron chi connectivity index (χ2n) is 3.30. The van der Waals surface area contributed by atoms with Crippen LogP contribution in [-0.4, -0.2) is 29.1 Å². The molecule has 0 bridgehead atoms. The fraction of sp³-hybridized carbons (Fsp3) is 0.125. The maximum Gasteiger partial charge on any atom is 0.165 e. The zero-order valence-electron chi connectivity index (χ0n) is 8.41. The van der Waals surface area contributed by atoms with Gasteiger partial charge in [0.25, 0.3) is 0 Å². The van der Waals surface area contributed by atoms with Crippen molar-refractivity contribution in [2.75, 3.05) is 5.73 Å². The zero-order valence-corrected chi connectivity index (χ0v) is 9.98. The molecule has 0 spiro atoms. The molecule has 3 aromatic heterocycles. The molecule has 0 radical (unpaired) electrons. The van der Waals surface area contributed by atoms with Crippen LogP contribution in [0.25, 0.3) is 11.2 Å². The molecule has 3 aromatic rings. The number of nitrogens with two attached hydrogens (primary N) is 1. The van der Waals surface area contributed by atoms with Crippen LogP contribution >= 0.6 is 23.1 Å². The first-order valence-electron chi connectivity index (χ1n) is 4.63. The van der Waals surface area contributed by atoms with E-state index in [0.29, 0.717) is 33.6 Å². The summed E-state index contributed by atoms with van der Waals surface area (Å²) >= 11 is 7.09. The van der Waals surface area contributed by atoms with Gasteiger partial charge in [0, 0.05) is 11.5 Å². The normalized spacial score (nSPS) is 11.1. The third-order valence-corrected chi connectivity index (χ3v) is 3.24. The van der Waals surface area contributed by atoms with Gasteiger partial charge in [0.1, 0.15) is 21.9 Å². The van der Waals surface area contributed by atoms with Crippen LogP contribution in [0.4, 0.5) is 5.82 Å². The Labute approximate surface area is 104 Å². The Morgan fingerprint density at radius 3 is 3.00 bits per heavy atom. The van der Waals surface area contributed by atoms with Gasteiger partial charge in [-0.1, -0.05) is 16.1 Å². The third kappa shape index (κ3) is 1.71. The second-order valence-corrected chi connectivity index (χ2v) is 4.65. The fourth-order valence-electron chi connectivity index (χ4n) is 1.47. The minimum atomic E-state index is 0.358. The molecule has 86 valence electrons. The van der Waals surface area contributed by atoms with Crippen molar-refractivity contribution in [1.29, 1.82) is 0 Å². The number of rotatable bonds is 2. The highest BCUT2D eigenvalue weighted by Crippen LogP contribution is 2.20. The Morgan fingerprint density at radius 1 is 1.35 bits per heavy atom. The lowest BCUT2D eigenvalue weighted by Crippen LogP contribution is -2.01. The molecule has 0 fully saturated rings. The van der Waals surface area contributed by atoms with E-state index in [9.17, 15) is 0 Å². The molecular weight excluding hydrogens is 262 g/mol. The molecule has 17 heavy (non-hydrogen) atoms. The summed E-state index contributed by atoms with van der Waals surface area (Å²) in [7, 11) is 0. The van der Waals surface area contributed by atoms with Gasteiger partial charge < -0.3 is 10.3 Å². The highest BCUT2D eigenvalue weighted by Gasteiger charge is 2.11. The smallest absolute Gasteiger partial charge is 0.165 e. The van der Waals surface area contributed by atoms with E-state index in [1.54, 1.807) is 10.9 Å². The van der Waals surface area contributed by atoms with E-state index in [-0.39, 0.29) is 0 Å². The summed E-state index contributed by atoms with van der Waals surface area (Å²) < 4.78 is 6.13. The van der Waals surface area contributed by atoms with Crippen LogP contribution in [0.1, 0.15) is 5.69 Å². The van der Waals surface area contributed by atoms with Crippen LogP contribution in [0, 0.1) is 0 Å². The van der Waals surface area contributed by atoms with Gasteiger partial charge in [-0.2, -0.15) is 0 Å². The maximum absolute atomic E-state index is 5.94. The fourth-order valence-corrected chi connectivity index (χ4v) is 2.08. The highest BCUT2D eigenvalue weighted by molar-refractivity contribution is 7.10. The van der Waals surface area contributed by atoms with Gasteiger partial charge in [-0.05, 0) is 0 Å². The quantitative estimate of drug-likeness (QED) is 0.743. The molecule has 0 unspecified atom stereocenters. The molecule has 3 heterocycles. The van der Waals surface area contributed by atoms with Crippen LogP contribution in [0.2, 0.25) is 4.34 Å². The minimum absolute atomic E-state index is 0.358. The van der Waals surface area contributed by atoms with E-state index in [2.05, 4.69) is 24.5 Å². The van der Waals surface area contributed by atoms with Crippen molar-refractivity contribution in [2.24, 2.45) is 0 Å². The first-order chi connectivity index (χ1) is 8.25. The van der Waals surface area contributed by atoms with E-state index in [1.165, 1.54) is 6.33 Å². The van der Waals surface area contributed by atoms with Gasteiger partial charge in [0.15, 0.2) is 11.5 Å². The molecule has 2 N–H and O–H groups in total. The minimum Gasteiger partial charge on any atom is -0.382 e. The van der Waals surface area contributed by atoms with Crippen LogP contribution in [0.3, 0.4) is 0 Å². The molecule has 0 aromatic carbocycles. The van der Waals surface area contributed by atoms with E-state index >= 15 is 0 Å². The summed E-state index contributed by atoms with van der Waals surface area (Å²) in [4.78, 5) is 12.2. The molecule has 0 aliphatic heterocycles. The van der Waals surface area contributed by atoms with Crippen molar-refractivity contribution in [3.05, 3.63) is 22.7 Å². The van der Waals surface area contributed by atoms with Crippen LogP contribution < -0.4 is 5.73 Å². The summed E-state index contributed by atoms with van der Waals surface area (Å²) in [5.41, 5.74) is 7.61. The van der Waals surface area contributed by atoms with Crippen molar-refractivity contribution in [3.8, 4) is 0 Å². The Hall–Kier alpha value is -1.80. The predicted molar refractivity (Wildman–Crippen MR) is 63.8 cm³/mol. The molecule has 3 rings (SSSR count). The maximum atomic E-state index is 5.94. The standard InChI is InChI=1S/C8H6ClN7S/c9-6-4(14-15-17-6)1-16-3-13-5-7(10)11-2-12-8(5)16/h2-3H,1H2,(H2,10,11,12). The van der Waals surface area contributed by atoms with Crippen LogP contribution in [0.5, 0.6) is 0 Å². The van der Waals surface area contributed by atoms with Crippen LogP contribution in [0.15, 0.2) is 12.7 Å². The Balaban J connectivity index is 2.07. The first kappa shape index (κ1) is 10.4. The Kier molecular flexibility index (Phi) is 2.37. The van der Waals surface area contributed by atoms with E-state index in [4.69, 9.17) is 17.3 Å². The first-order valence-corrected chi connectivity index (χ1v) is 5.79. The van der Waals surface area contributed by atoms with Crippen LogP contribution in [-0.2, 0) is 6.54 Å². The van der Waals surface area contributed by atoms with Crippen molar-refractivity contribution < 1.29 is 0 Å². The number of imidazole rings is 1. The van der Waals surface area contributed by atoms with Gasteiger partial charge in [0.2, 0.25) is 0 Å². The molecule has 0 aliphatic carbocycles.